The molecule has 0 atom stereocenters. The standard InChI is InChI=1S/C20H27N3O3S/c1-20(2,25)13-6-8-14(9-7-13)22-19(24)23-10-15(11-23)26-16-4-3-5-17-18(16)21-12-27-17/h3-5,12-15,25H,6-11H2,1-2H3,(H,22,24)/t13-,14-. The van der Waals surface area contributed by atoms with Gasteiger partial charge in [-0.1, -0.05) is 6.07 Å². The Morgan fingerprint density at radius 1 is 1.30 bits per heavy atom. The van der Waals surface area contributed by atoms with Crippen molar-refractivity contribution < 1.29 is 14.6 Å². The second-order valence-corrected chi connectivity index (χ2v) is 9.14. The number of nitrogens with zero attached hydrogens (tertiary/aromatic N) is 2. The number of hydrogen-bond donors (Lipinski definition) is 2. The van der Waals surface area contributed by atoms with Crippen molar-refractivity contribution in [1.29, 1.82) is 0 Å². The Balaban J connectivity index is 1.23. The molecule has 1 saturated heterocycles. The number of carbonyl (C=O) groups excluding carboxylic acids is 1. The van der Waals surface area contributed by atoms with Crippen molar-refractivity contribution in [2.24, 2.45) is 5.92 Å². The van der Waals surface area contributed by atoms with Gasteiger partial charge in [-0.3, -0.25) is 0 Å². The van der Waals surface area contributed by atoms with Crippen molar-refractivity contribution in [1.82, 2.24) is 15.2 Å². The van der Waals surface area contributed by atoms with E-state index in [9.17, 15) is 9.90 Å². The first-order valence-corrected chi connectivity index (χ1v) is 10.5. The summed E-state index contributed by atoms with van der Waals surface area (Å²) in [6, 6.07) is 6.15. The molecule has 7 heteroatoms. The average Bonchev–Trinajstić information content (AvgIpc) is 3.06. The molecule has 2 aromatic rings. The van der Waals surface area contributed by atoms with Crippen LogP contribution in [0.2, 0.25) is 0 Å². The minimum absolute atomic E-state index is 0.00609. The summed E-state index contributed by atoms with van der Waals surface area (Å²) in [4.78, 5) is 18.6. The number of benzene rings is 1. The first kappa shape index (κ1) is 18.5. The maximum Gasteiger partial charge on any atom is 0.317 e. The van der Waals surface area contributed by atoms with Crippen LogP contribution in [0.4, 0.5) is 4.79 Å². The van der Waals surface area contributed by atoms with Crippen LogP contribution in [0, 0.1) is 5.92 Å². The zero-order chi connectivity index (χ0) is 19.0. The Labute approximate surface area is 163 Å². The van der Waals surface area contributed by atoms with Crippen molar-refractivity contribution >= 4 is 27.6 Å². The number of aromatic nitrogens is 1. The number of urea groups is 1. The molecule has 2 aliphatic rings. The lowest BCUT2D eigenvalue weighted by molar-refractivity contribution is -0.00326. The van der Waals surface area contributed by atoms with Crippen LogP contribution in [0.1, 0.15) is 39.5 Å². The maximum absolute atomic E-state index is 12.4. The largest absolute Gasteiger partial charge is 0.484 e. The van der Waals surface area contributed by atoms with Crippen molar-refractivity contribution in [3.63, 3.8) is 0 Å². The number of carbonyl (C=O) groups is 1. The molecule has 2 fully saturated rings. The molecule has 0 spiro atoms. The number of aliphatic hydroxyl groups is 1. The topological polar surface area (TPSA) is 74.7 Å². The third kappa shape index (κ3) is 4.04. The zero-order valence-electron chi connectivity index (χ0n) is 15.9. The van der Waals surface area contributed by atoms with Crippen molar-refractivity contribution in [2.75, 3.05) is 13.1 Å². The highest BCUT2D eigenvalue weighted by atomic mass is 32.1. The van der Waals surface area contributed by atoms with Gasteiger partial charge in [0.05, 0.1) is 28.9 Å². The van der Waals surface area contributed by atoms with Gasteiger partial charge in [0, 0.05) is 6.04 Å². The molecule has 0 bridgehead atoms. The number of para-hydroxylation sites is 1. The van der Waals surface area contributed by atoms with Crippen LogP contribution >= 0.6 is 11.3 Å². The van der Waals surface area contributed by atoms with E-state index in [2.05, 4.69) is 10.3 Å². The van der Waals surface area contributed by atoms with Gasteiger partial charge in [0.1, 0.15) is 17.4 Å². The summed E-state index contributed by atoms with van der Waals surface area (Å²) in [6.07, 6.45) is 3.80. The summed E-state index contributed by atoms with van der Waals surface area (Å²) in [7, 11) is 0. The fourth-order valence-corrected chi connectivity index (χ4v) is 4.72. The fourth-order valence-electron chi connectivity index (χ4n) is 4.02. The van der Waals surface area contributed by atoms with Crippen molar-refractivity contribution in [3.05, 3.63) is 23.7 Å². The van der Waals surface area contributed by atoms with Gasteiger partial charge >= 0.3 is 6.03 Å². The van der Waals surface area contributed by atoms with E-state index in [0.717, 1.165) is 41.6 Å². The number of nitrogens with one attached hydrogen (secondary N) is 1. The molecule has 2 heterocycles. The molecule has 146 valence electrons. The van der Waals surface area contributed by atoms with Gasteiger partial charge in [-0.25, -0.2) is 9.78 Å². The number of rotatable bonds is 4. The van der Waals surface area contributed by atoms with E-state index in [4.69, 9.17) is 4.74 Å². The number of likely N-dealkylation sites (tertiary alicyclic amines) is 1. The van der Waals surface area contributed by atoms with Gasteiger partial charge < -0.3 is 20.1 Å². The molecule has 6 nitrogen and oxygen atoms in total. The number of thiazole rings is 1. The maximum atomic E-state index is 12.4. The first-order chi connectivity index (χ1) is 12.9. The van der Waals surface area contributed by atoms with E-state index in [1.807, 2.05) is 37.6 Å². The van der Waals surface area contributed by atoms with Crippen LogP contribution in [0.25, 0.3) is 10.2 Å². The summed E-state index contributed by atoms with van der Waals surface area (Å²) in [5, 5.41) is 13.3. The monoisotopic (exact) mass is 389 g/mol. The zero-order valence-corrected chi connectivity index (χ0v) is 16.7. The molecule has 2 N–H and O–H groups in total. The highest BCUT2D eigenvalue weighted by Gasteiger charge is 2.35. The Morgan fingerprint density at radius 3 is 2.74 bits per heavy atom. The summed E-state index contributed by atoms with van der Waals surface area (Å²) < 4.78 is 7.15. The smallest absolute Gasteiger partial charge is 0.317 e. The molecular formula is C20H27N3O3S. The number of hydrogen-bond acceptors (Lipinski definition) is 5. The van der Waals surface area contributed by atoms with Crippen LogP contribution in [-0.2, 0) is 0 Å². The first-order valence-electron chi connectivity index (χ1n) is 9.67. The lowest BCUT2D eigenvalue weighted by Gasteiger charge is -2.41. The minimum Gasteiger partial charge on any atom is -0.484 e. The molecule has 27 heavy (non-hydrogen) atoms. The van der Waals surface area contributed by atoms with Crippen LogP contribution in [0.3, 0.4) is 0 Å². The Hall–Kier alpha value is -1.86. The van der Waals surface area contributed by atoms with E-state index in [1.165, 1.54) is 0 Å². The molecule has 0 unspecified atom stereocenters. The summed E-state index contributed by atoms with van der Waals surface area (Å²) in [5.41, 5.74) is 2.09. The number of fused-ring (bicyclic) bond motifs is 1. The molecule has 1 aliphatic carbocycles. The third-order valence-corrected chi connectivity index (χ3v) is 6.60. The van der Waals surface area contributed by atoms with E-state index in [-0.39, 0.29) is 18.2 Å². The number of amides is 2. The van der Waals surface area contributed by atoms with Crippen LogP contribution in [0.5, 0.6) is 5.75 Å². The summed E-state index contributed by atoms with van der Waals surface area (Å²) in [6.45, 7) is 4.96. The molecule has 1 aromatic carbocycles. The highest BCUT2D eigenvalue weighted by Crippen LogP contribution is 2.33. The predicted octanol–water partition coefficient (Wildman–Crippen LogP) is 3.40. The second kappa shape index (κ2) is 7.28. The van der Waals surface area contributed by atoms with Gasteiger partial charge in [-0.15, -0.1) is 11.3 Å². The van der Waals surface area contributed by atoms with Gasteiger partial charge in [-0.05, 0) is 57.6 Å². The van der Waals surface area contributed by atoms with Crippen molar-refractivity contribution in [2.45, 2.75) is 57.3 Å². The van der Waals surface area contributed by atoms with Gasteiger partial charge in [0.25, 0.3) is 0 Å². The predicted molar refractivity (Wildman–Crippen MR) is 106 cm³/mol. The van der Waals surface area contributed by atoms with Gasteiger partial charge in [0.2, 0.25) is 0 Å². The lowest BCUT2D eigenvalue weighted by atomic mass is 9.77. The second-order valence-electron chi connectivity index (χ2n) is 8.25. The van der Waals surface area contributed by atoms with E-state index in [0.29, 0.717) is 19.0 Å². The summed E-state index contributed by atoms with van der Waals surface area (Å²) in [5.74, 6) is 1.12. The summed E-state index contributed by atoms with van der Waals surface area (Å²) >= 11 is 1.60. The molecule has 4 rings (SSSR count). The molecule has 0 radical (unpaired) electrons. The lowest BCUT2D eigenvalue weighted by Crippen LogP contribution is -2.60. The average molecular weight is 390 g/mol. The van der Waals surface area contributed by atoms with E-state index in [1.54, 1.807) is 16.2 Å². The third-order valence-electron chi connectivity index (χ3n) is 5.81. The Morgan fingerprint density at radius 2 is 2.04 bits per heavy atom. The quantitative estimate of drug-likeness (QED) is 0.840. The molecule has 1 saturated carbocycles. The van der Waals surface area contributed by atoms with Gasteiger partial charge in [0.15, 0.2) is 0 Å². The molecule has 2 amide bonds. The van der Waals surface area contributed by atoms with Crippen LogP contribution < -0.4 is 10.1 Å². The molecule has 1 aromatic heterocycles. The molecule has 1 aliphatic heterocycles. The SMILES string of the molecule is CC(C)(O)[C@H]1CC[C@H](NC(=O)N2CC(Oc3cccc4scnc34)C2)CC1. The normalized spacial score (nSPS) is 23.9. The van der Waals surface area contributed by atoms with E-state index < -0.39 is 5.60 Å². The van der Waals surface area contributed by atoms with Crippen molar-refractivity contribution in [3.8, 4) is 5.75 Å². The minimum atomic E-state index is -0.628. The molecular weight excluding hydrogens is 362 g/mol. The highest BCUT2D eigenvalue weighted by molar-refractivity contribution is 7.16. The van der Waals surface area contributed by atoms with E-state index >= 15 is 0 Å². The fraction of sp³-hybridized carbons (Fsp3) is 0.600. The Bertz CT molecular complexity index is 802. The van der Waals surface area contributed by atoms with Gasteiger partial charge in [-0.2, -0.15) is 0 Å². The number of ether oxygens (including phenoxy) is 1. The Kier molecular flexibility index (Phi) is 4.99. The van der Waals surface area contributed by atoms with Crippen LogP contribution in [0.15, 0.2) is 23.7 Å². The van der Waals surface area contributed by atoms with Crippen LogP contribution in [-0.4, -0.2) is 51.9 Å².